The molecule has 4 nitrogen and oxygen atoms in total. The van der Waals surface area contributed by atoms with Gasteiger partial charge in [0, 0.05) is 11.4 Å². The third-order valence-corrected chi connectivity index (χ3v) is 5.77. The number of aryl methyl sites for hydroxylation is 1. The van der Waals surface area contributed by atoms with Gasteiger partial charge in [-0.15, -0.1) is 11.8 Å². The average Bonchev–Trinajstić information content (AvgIpc) is 2.98. The van der Waals surface area contributed by atoms with Gasteiger partial charge < -0.3 is 9.30 Å². The number of halogens is 1. The highest BCUT2D eigenvalue weighted by Gasteiger charge is 2.09. The molecule has 26 heavy (non-hydrogen) atoms. The minimum atomic E-state index is -0.285. The van der Waals surface area contributed by atoms with E-state index in [-0.39, 0.29) is 17.5 Å². The van der Waals surface area contributed by atoms with Crippen LogP contribution >= 0.6 is 23.1 Å². The summed E-state index contributed by atoms with van der Waals surface area (Å²) in [5.41, 5.74) is 1.05. The molecule has 7 heteroatoms. The summed E-state index contributed by atoms with van der Waals surface area (Å²) in [6.45, 7) is 2.89. The molecule has 0 radical (unpaired) electrons. The first-order valence-electron chi connectivity index (χ1n) is 8.24. The second-order valence-electron chi connectivity index (χ2n) is 5.62. The number of rotatable bonds is 6. The normalized spacial score (nSPS) is 11.9. The number of nitrogens with zero attached hydrogens (tertiary/aromatic N) is 2. The largest absolute Gasteiger partial charge is 0.497 e. The summed E-state index contributed by atoms with van der Waals surface area (Å²) >= 11 is 2.84. The maximum absolute atomic E-state index is 12.9. The first-order chi connectivity index (χ1) is 12.6. The number of thiazole rings is 1. The second-order valence-corrected chi connectivity index (χ2v) is 7.68. The zero-order valence-electron chi connectivity index (χ0n) is 14.6. The number of amides is 1. The van der Waals surface area contributed by atoms with Crippen LogP contribution in [0.1, 0.15) is 13.3 Å². The fourth-order valence-electron chi connectivity index (χ4n) is 2.52. The number of hydrogen-bond acceptors (Lipinski definition) is 4. The Bertz CT molecular complexity index is 977. The molecule has 0 fully saturated rings. The number of benzene rings is 2. The predicted octanol–water partition coefficient (Wildman–Crippen LogP) is 4.48. The van der Waals surface area contributed by atoms with E-state index in [1.807, 2.05) is 18.2 Å². The smallest absolute Gasteiger partial charge is 0.258 e. The van der Waals surface area contributed by atoms with Crippen LogP contribution in [0.5, 0.6) is 5.75 Å². The third kappa shape index (κ3) is 4.34. The van der Waals surface area contributed by atoms with Crippen molar-refractivity contribution in [1.82, 2.24) is 4.57 Å². The Morgan fingerprint density at radius 2 is 2.04 bits per heavy atom. The maximum Gasteiger partial charge on any atom is 0.258 e. The quantitative estimate of drug-likeness (QED) is 0.583. The van der Waals surface area contributed by atoms with E-state index < -0.39 is 0 Å². The first-order valence-corrected chi connectivity index (χ1v) is 10.0. The summed E-state index contributed by atoms with van der Waals surface area (Å²) in [7, 11) is 1.64. The number of thioether (sulfide) groups is 1. The standard InChI is InChI=1S/C19H19FN2O2S2/c1-3-10-22-16-9-6-14(24-2)11-17(16)26-19(22)21-18(23)12-25-15-7-4-13(20)5-8-15/h4-9,11H,3,10,12H2,1-2H3. The van der Waals surface area contributed by atoms with E-state index in [0.29, 0.717) is 4.80 Å². The Labute approximate surface area is 159 Å². The number of hydrogen-bond donors (Lipinski definition) is 0. The maximum atomic E-state index is 12.9. The molecule has 3 aromatic rings. The van der Waals surface area contributed by atoms with Gasteiger partial charge in [0.05, 0.1) is 23.1 Å². The van der Waals surface area contributed by atoms with E-state index in [2.05, 4.69) is 16.5 Å². The van der Waals surface area contributed by atoms with Crippen LogP contribution in [0.25, 0.3) is 10.2 Å². The SMILES string of the molecule is CCCn1c(=NC(=O)CSc2ccc(F)cc2)sc2cc(OC)ccc21. The van der Waals surface area contributed by atoms with Gasteiger partial charge >= 0.3 is 0 Å². The molecule has 0 aliphatic heterocycles. The Balaban J connectivity index is 1.85. The number of fused-ring (bicyclic) bond motifs is 1. The number of carbonyl (C=O) groups excluding carboxylic acids is 1. The molecule has 0 atom stereocenters. The van der Waals surface area contributed by atoms with E-state index in [4.69, 9.17) is 4.74 Å². The number of aromatic nitrogens is 1. The Hall–Kier alpha value is -2.12. The number of methoxy groups -OCH3 is 1. The Morgan fingerprint density at radius 3 is 2.73 bits per heavy atom. The lowest BCUT2D eigenvalue weighted by Crippen LogP contribution is -2.17. The molecular formula is C19H19FN2O2S2. The number of carbonyl (C=O) groups is 1. The van der Waals surface area contributed by atoms with E-state index in [0.717, 1.165) is 33.8 Å². The summed E-state index contributed by atoms with van der Waals surface area (Å²) in [5, 5.41) is 0. The van der Waals surface area contributed by atoms with Crippen molar-refractivity contribution >= 4 is 39.2 Å². The molecule has 0 unspecified atom stereocenters. The molecule has 0 aliphatic carbocycles. The lowest BCUT2D eigenvalue weighted by molar-refractivity contribution is -0.115. The molecule has 1 amide bonds. The van der Waals surface area contributed by atoms with Gasteiger partial charge in [0.1, 0.15) is 11.6 Å². The zero-order valence-corrected chi connectivity index (χ0v) is 16.2. The summed E-state index contributed by atoms with van der Waals surface area (Å²) in [5.74, 6) is 0.511. The predicted molar refractivity (Wildman–Crippen MR) is 104 cm³/mol. The summed E-state index contributed by atoms with van der Waals surface area (Å²) < 4.78 is 21.3. The monoisotopic (exact) mass is 390 g/mol. The fourth-order valence-corrected chi connectivity index (χ4v) is 4.31. The molecule has 136 valence electrons. The van der Waals surface area contributed by atoms with Gasteiger partial charge in [-0.25, -0.2) is 4.39 Å². The van der Waals surface area contributed by atoms with Crippen LogP contribution < -0.4 is 9.54 Å². The highest BCUT2D eigenvalue weighted by atomic mass is 32.2. The molecule has 2 aromatic carbocycles. The molecule has 0 spiro atoms. The van der Waals surface area contributed by atoms with Gasteiger partial charge in [0.25, 0.3) is 5.91 Å². The molecule has 3 rings (SSSR count). The number of ether oxygens (including phenoxy) is 1. The first kappa shape index (κ1) is 18.7. The minimum absolute atomic E-state index is 0.206. The minimum Gasteiger partial charge on any atom is -0.497 e. The highest BCUT2D eigenvalue weighted by molar-refractivity contribution is 8.00. The van der Waals surface area contributed by atoms with Gasteiger partial charge in [0.2, 0.25) is 0 Å². The zero-order chi connectivity index (χ0) is 18.5. The van der Waals surface area contributed by atoms with Crippen molar-refractivity contribution in [1.29, 1.82) is 0 Å². The van der Waals surface area contributed by atoms with Crippen molar-refractivity contribution in [3.05, 3.63) is 53.1 Å². The van der Waals surface area contributed by atoms with Gasteiger partial charge in [-0.3, -0.25) is 4.79 Å². The second kappa shape index (κ2) is 8.51. The summed E-state index contributed by atoms with van der Waals surface area (Å²) in [4.78, 5) is 18.2. The van der Waals surface area contributed by atoms with Gasteiger partial charge in [0.15, 0.2) is 4.80 Å². The van der Waals surface area contributed by atoms with E-state index in [1.165, 1.54) is 35.2 Å². The molecule has 0 bridgehead atoms. The molecule has 0 saturated carbocycles. The molecule has 0 saturated heterocycles. The van der Waals surface area contributed by atoms with Crippen LogP contribution in [0.2, 0.25) is 0 Å². The van der Waals surface area contributed by atoms with Crippen LogP contribution in [-0.2, 0) is 11.3 Å². The van der Waals surface area contributed by atoms with Crippen LogP contribution in [0.15, 0.2) is 52.4 Å². The van der Waals surface area contributed by atoms with Crippen LogP contribution in [0, 0.1) is 5.82 Å². The van der Waals surface area contributed by atoms with Crippen molar-refractivity contribution in [2.75, 3.05) is 12.9 Å². The molecule has 0 aliphatic rings. The van der Waals surface area contributed by atoms with Crippen LogP contribution in [-0.4, -0.2) is 23.3 Å². The summed E-state index contributed by atoms with van der Waals surface area (Å²) in [6, 6.07) is 12.0. The highest BCUT2D eigenvalue weighted by Crippen LogP contribution is 2.23. The molecule has 1 heterocycles. The third-order valence-electron chi connectivity index (χ3n) is 3.73. The fraction of sp³-hybridized carbons (Fsp3) is 0.263. The van der Waals surface area contributed by atoms with Crippen molar-refractivity contribution < 1.29 is 13.9 Å². The lowest BCUT2D eigenvalue weighted by atomic mass is 10.3. The Kier molecular flexibility index (Phi) is 6.11. The molecular weight excluding hydrogens is 371 g/mol. The Morgan fingerprint density at radius 1 is 1.27 bits per heavy atom. The summed E-state index contributed by atoms with van der Waals surface area (Å²) in [6.07, 6.45) is 0.948. The van der Waals surface area contributed by atoms with Crippen molar-refractivity contribution in [3.8, 4) is 5.75 Å². The van der Waals surface area contributed by atoms with Crippen molar-refractivity contribution in [2.24, 2.45) is 4.99 Å². The van der Waals surface area contributed by atoms with Gasteiger partial charge in [-0.2, -0.15) is 4.99 Å². The molecule has 0 N–H and O–H groups in total. The van der Waals surface area contributed by atoms with Gasteiger partial charge in [-0.1, -0.05) is 18.3 Å². The van der Waals surface area contributed by atoms with Gasteiger partial charge in [-0.05, 0) is 48.9 Å². The van der Waals surface area contributed by atoms with Crippen LogP contribution in [0.4, 0.5) is 4.39 Å². The molecule has 1 aromatic heterocycles. The van der Waals surface area contributed by atoms with E-state index in [1.54, 1.807) is 19.2 Å². The van der Waals surface area contributed by atoms with E-state index >= 15 is 0 Å². The van der Waals surface area contributed by atoms with E-state index in [9.17, 15) is 9.18 Å². The topological polar surface area (TPSA) is 43.6 Å². The average molecular weight is 391 g/mol. The van der Waals surface area contributed by atoms with Crippen LogP contribution in [0.3, 0.4) is 0 Å². The van der Waals surface area contributed by atoms with Crippen molar-refractivity contribution in [3.63, 3.8) is 0 Å². The lowest BCUT2D eigenvalue weighted by Gasteiger charge is -2.03. The van der Waals surface area contributed by atoms with Crippen molar-refractivity contribution in [2.45, 2.75) is 24.8 Å².